The molecule has 3 heteroatoms. The molecule has 2 aliphatic rings. The summed E-state index contributed by atoms with van der Waals surface area (Å²) in [6.07, 6.45) is 3.56. The summed E-state index contributed by atoms with van der Waals surface area (Å²) < 4.78 is 4.93. The van der Waals surface area contributed by atoms with Crippen LogP contribution in [0.4, 0.5) is 0 Å². The van der Waals surface area contributed by atoms with E-state index in [1.54, 1.807) is 0 Å². The van der Waals surface area contributed by atoms with Crippen molar-refractivity contribution in [2.75, 3.05) is 13.2 Å². The molecule has 1 unspecified atom stereocenters. The Balaban J connectivity index is 1.81. The van der Waals surface area contributed by atoms with E-state index >= 15 is 0 Å². The minimum absolute atomic E-state index is 0.0660. The zero-order chi connectivity index (χ0) is 7.90. The van der Waals surface area contributed by atoms with E-state index < -0.39 is 5.60 Å². The molecular formula is C8H15NO2. The maximum Gasteiger partial charge on any atom is 0.126 e. The molecule has 0 bridgehead atoms. The van der Waals surface area contributed by atoms with Gasteiger partial charge in [-0.25, -0.2) is 0 Å². The summed E-state index contributed by atoms with van der Waals surface area (Å²) >= 11 is 0. The molecule has 1 saturated heterocycles. The van der Waals surface area contributed by atoms with Crippen molar-refractivity contribution in [2.24, 2.45) is 11.7 Å². The van der Waals surface area contributed by atoms with Crippen LogP contribution in [-0.4, -0.2) is 30.0 Å². The fourth-order valence-corrected chi connectivity index (χ4v) is 1.46. The van der Waals surface area contributed by atoms with Crippen molar-refractivity contribution < 1.29 is 9.84 Å². The third kappa shape index (κ3) is 1.41. The lowest BCUT2D eigenvalue weighted by Gasteiger charge is -2.41. The molecule has 1 aliphatic heterocycles. The van der Waals surface area contributed by atoms with Crippen molar-refractivity contribution in [3.05, 3.63) is 0 Å². The Labute approximate surface area is 66.5 Å². The lowest BCUT2D eigenvalue weighted by atomic mass is 9.89. The van der Waals surface area contributed by atoms with Gasteiger partial charge < -0.3 is 15.6 Å². The van der Waals surface area contributed by atoms with Gasteiger partial charge in [0.2, 0.25) is 0 Å². The van der Waals surface area contributed by atoms with Gasteiger partial charge in [-0.2, -0.15) is 0 Å². The molecule has 0 aromatic carbocycles. The molecule has 64 valence electrons. The van der Waals surface area contributed by atoms with Gasteiger partial charge in [0, 0.05) is 6.04 Å². The fraction of sp³-hybridized carbons (Fsp3) is 1.00. The summed E-state index contributed by atoms with van der Waals surface area (Å²) in [6, 6.07) is -0.0660. The highest BCUT2D eigenvalue weighted by Gasteiger charge is 2.43. The number of ether oxygens (including phenoxy) is 1. The smallest absolute Gasteiger partial charge is 0.126 e. The standard InChI is InChI=1S/C8H15NO2/c9-7(3-6-1-2-6)8(10)4-11-5-8/h6-7,10H,1-5,9H2. The first kappa shape index (κ1) is 7.53. The van der Waals surface area contributed by atoms with Gasteiger partial charge in [-0.05, 0) is 12.3 Å². The topological polar surface area (TPSA) is 55.5 Å². The average molecular weight is 157 g/mol. The van der Waals surface area contributed by atoms with Crippen LogP contribution in [0.3, 0.4) is 0 Å². The highest BCUT2D eigenvalue weighted by molar-refractivity contribution is 4.97. The van der Waals surface area contributed by atoms with Crippen LogP contribution in [0.2, 0.25) is 0 Å². The van der Waals surface area contributed by atoms with E-state index in [9.17, 15) is 5.11 Å². The van der Waals surface area contributed by atoms with Crippen LogP contribution in [-0.2, 0) is 4.74 Å². The van der Waals surface area contributed by atoms with Crippen LogP contribution in [0, 0.1) is 5.92 Å². The van der Waals surface area contributed by atoms with Gasteiger partial charge in [-0.3, -0.25) is 0 Å². The Morgan fingerprint density at radius 1 is 1.55 bits per heavy atom. The van der Waals surface area contributed by atoms with Crippen LogP contribution in [0.15, 0.2) is 0 Å². The molecule has 0 aromatic rings. The monoisotopic (exact) mass is 157 g/mol. The molecule has 1 saturated carbocycles. The fourth-order valence-electron chi connectivity index (χ4n) is 1.46. The zero-order valence-electron chi connectivity index (χ0n) is 6.62. The normalized spacial score (nSPS) is 31.1. The summed E-state index contributed by atoms with van der Waals surface area (Å²) in [5, 5.41) is 9.71. The molecule has 0 aromatic heterocycles. The van der Waals surface area contributed by atoms with Crippen LogP contribution in [0.25, 0.3) is 0 Å². The van der Waals surface area contributed by atoms with Crippen molar-refractivity contribution in [1.82, 2.24) is 0 Å². The Bertz CT molecular complexity index is 152. The third-order valence-corrected chi connectivity index (χ3v) is 2.68. The minimum Gasteiger partial charge on any atom is -0.383 e. The highest BCUT2D eigenvalue weighted by atomic mass is 16.5. The average Bonchev–Trinajstić information content (AvgIpc) is 2.66. The molecule has 11 heavy (non-hydrogen) atoms. The largest absolute Gasteiger partial charge is 0.383 e. The number of aliphatic hydroxyl groups is 1. The first-order valence-electron chi connectivity index (χ1n) is 4.26. The molecule has 1 heterocycles. The zero-order valence-corrected chi connectivity index (χ0v) is 6.62. The number of hydrogen-bond acceptors (Lipinski definition) is 3. The summed E-state index contributed by atoms with van der Waals surface area (Å²) in [6.45, 7) is 0.863. The van der Waals surface area contributed by atoms with Crippen molar-refractivity contribution in [2.45, 2.75) is 30.9 Å². The molecular weight excluding hydrogens is 142 g/mol. The first-order valence-corrected chi connectivity index (χ1v) is 4.26. The number of rotatable bonds is 3. The Morgan fingerprint density at radius 3 is 2.55 bits per heavy atom. The predicted octanol–water partition coefficient (Wildman–Crippen LogP) is -0.125. The highest BCUT2D eigenvalue weighted by Crippen LogP contribution is 2.36. The first-order chi connectivity index (χ1) is 5.21. The summed E-state index contributed by atoms with van der Waals surface area (Å²) in [7, 11) is 0. The Morgan fingerprint density at radius 2 is 2.18 bits per heavy atom. The summed E-state index contributed by atoms with van der Waals surface area (Å²) in [5.41, 5.74) is 5.13. The number of nitrogens with two attached hydrogens (primary N) is 1. The van der Waals surface area contributed by atoms with Crippen molar-refractivity contribution in [3.8, 4) is 0 Å². The quantitative estimate of drug-likeness (QED) is 0.600. The Kier molecular flexibility index (Phi) is 1.67. The van der Waals surface area contributed by atoms with Crippen LogP contribution >= 0.6 is 0 Å². The van der Waals surface area contributed by atoms with Gasteiger partial charge >= 0.3 is 0 Å². The van der Waals surface area contributed by atoms with Gasteiger partial charge in [-0.15, -0.1) is 0 Å². The van der Waals surface area contributed by atoms with E-state index in [1.807, 2.05) is 0 Å². The van der Waals surface area contributed by atoms with E-state index in [2.05, 4.69) is 0 Å². The molecule has 0 amide bonds. The van der Waals surface area contributed by atoms with Gasteiger partial charge in [0.25, 0.3) is 0 Å². The molecule has 0 radical (unpaired) electrons. The van der Waals surface area contributed by atoms with E-state index in [0.29, 0.717) is 13.2 Å². The predicted molar refractivity (Wildman–Crippen MR) is 41.1 cm³/mol. The van der Waals surface area contributed by atoms with E-state index in [1.165, 1.54) is 12.8 Å². The number of hydrogen-bond donors (Lipinski definition) is 2. The second-order valence-electron chi connectivity index (χ2n) is 3.88. The molecule has 3 N–H and O–H groups in total. The maximum absolute atomic E-state index is 9.71. The molecule has 0 spiro atoms. The second-order valence-corrected chi connectivity index (χ2v) is 3.88. The molecule has 1 aliphatic carbocycles. The SMILES string of the molecule is NC(CC1CC1)C1(O)COC1. The molecule has 3 nitrogen and oxygen atoms in total. The second kappa shape index (κ2) is 2.44. The summed E-state index contributed by atoms with van der Waals surface area (Å²) in [4.78, 5) is 0. The van der Waals surface area contributed by atoms with E-state index in [4.69, 9.17) is 10.5 Å². The molecule has 2 fully saturated rings. The van der Waals surface area contributed by atoms with Crippen LogP contribution in [0.1, 0.15) is 19.3 Å². The Hall–Kier alpha value is -0.120. The van der Waals surface area contributed by atoms with E-state index in [-0.39, 0.29) is 6.04 Å². The van der Waals surface area contributed by atoms with Crippen molar-refractivity contribution >= 4 is 0 Å². The van der Waals surface area contributed by atoms with E-state index in [0.717, 1.165) is 12.3 Å². The molecule has 2 rings (SSSR count). The third-order valence-electron chi connectivity index (χ3n) is 2.68. The van der Waals surface area contributed by atoms with Crippen LogP contribution < -0.4 is 5.73 Å². The summed E-state index contributed by atoms with van der Waals surface area (Å²) in [5.74, 6) is 0.787. The van der Waals surface area contributed by atoms with Gasteiger partial charge in [0.1, 0.15) is 5.60 Å². The van der Waals surface area contributed by atoms with Crippen LogP contribution in [0.5, 0.6) is 0 Å². The van der Waals surface area contributed by atoms with Gasteiger partial charge in [0.15, 0.2) is 0 Å². The van der Waals surface area contributed by atoms with Crippen molar-refractivity contribution in [1.29, 1.82) is 0 Å². The minimum atomic E-state index is -0.692. The lowest BCUT2D eigenvalue weighted by Crippen LogP contribution is -2.61. The molecule has 1 atom stereocenters. The lowest BCUT2D eigenvalue weighted by molar-refractivity contribution is -0.190. The van der Waals surface area contributed by atoms with Crippen molar-refractivity contribution in [3.63, 3.8) is 0 Å². The van der Waals surface area contributed by atoms with Gasteiger partial charge in [-0.1, -0.05) is 12.8 Å². The maximum atomic E-state index is 9.71. The van der Waals surface area contributed by atoms with Gasteiger partial charge in [0.05, 0.1) is 13.2 Å².